The van der Waals surface area contributed by atoms with Gasteiger partial charge in [-0.25, -0.2) is 4.79 Å². The summed E-state index contributed by atoms with van der Waals surface area (Å²) in [4.78, 5) is 34.4. The number of amides is 1. The number of methoxy groups -OCH3 is 1. The Labute approximate surface area is 143 Å². The summed E-state index contributed by atoms with van der Waals surface area (Å²) in [7, 11) is 1.22. The van der Waals surface area contributed by atoms with Crippen LogP contribution in [-0.4, -0.2) is 23.9 Å². The van der Waals surface area contributed by atoms with E-state index < -0.39 is 16.8 Å². The number of nitrogens with one attached hydrogen (secondary N) is 1. The molecule has 1 amide bonds. The normalized spacial score (nSPS) is 10.8. The summed E-state index contributed by atoms with van der Waals surface area (Å²) in [5, 5.41) is 23.7. The van der Waals surface area contributed by atoms with Gasteiger partial charge in [0.15, 0.2) is 0 Å². The zero-order valence-electron chi connectivity index (χ0n) is 12.1. The van der Waals surface area contributed by atoms with Crippen molar-refractivity contribution >= 4 is 51.3 Å². The number of carbonyl (C=O) groups excluding carboxylic acids is 2. The number of carbonyl (C=O) groups is 2. The van der Waals surface area contributed by atoms with E-state index in [1.165, 1.54) is 31.4 Å². The van der Waals surface area contributed by atoms with Gasteiger partial charge in [-0.1, -0.05) is 11.3 Å². The van der Waals surface area contributed by atoms with E-state index in [4.69, 9.17) is 5.26 Å². The molecule has 0 saturated heterocycles. The van der Waals surface area contributed by atoms with E-state index in [0.29, 0.717) is 4.88 Å². The summed E-state index contributed by atoms with van der Waals surface area (Å²) in [6.45, 7) is 0. The number of rotatable bonds is 5. The first-order valence-electron chi connectivity index (χ1n) is 6.29. The van der Waals surface area contributed by atoms with E-state index in [0.717, 1.165) is 22.7 Å². The molecule has 0 aliphatic heterocycles. The Bertz CT molecular complexity index is 875. The molecule has 10 heteroatoms. The number of hydrogen-bond acceptors (Lipinski definition) is 8. The van der Waals surface area contributed by atoms with E-state index in [1.807, 2.05) is 0 Å². The van der Waals surface area contributed by atoms with Crippen molar-refractivity contribution in [3.05, 3.63) is 49.0 Å². The Morgan fingerprint density at radius 2 is 2.17 bits per heavy atom. The lowest BCUT2D eigenvalue weighted by molar-refractivity contribution is -0.380. The standard InChI is InChI=1S/C14H9N3O5S2/c1-22-14(19)12-10(4-5-23-12)16-13(18)8(7-15)6-9-2-3-11(24-9)17(20)21/h2-6H,1H3,(H,16,18)/b8-6-. The van der Waals surface area contributed by atoms with E-state index in [9.17, 15) is 19.7 Å². The van der Waals surface area contributed by atoms with Crippen molar-refractivity contribution in [2.45, 2.75) is 0 Å². The van der Waals surface area contributed by atoms with Crippen molar-refractivity contribution in [1.82, 2.24) is 0 Å². The summed E-state index contributed by atoms with van der Waals surface area (Å²) in [6.07, 6.45) is 1.25. The van der Waals surface area contributed by atoms with Crippen LogP contribution < -0.4 is 5.32 Å². The van der Waals surface area contributed by atoms with Gasteiger partial charge in [0.05, 0.1) is 17.7 Å². The van der Waals surface area contributed by atoms with E-state index in [1.54, 1.807) is 11.4 Å². The lowest BCUT2D eigenvalue weighted by Crippen LogP contribution is -2.15. The van der Waals surface area contributed by atoms with Crippen LogP contribution in [-0.2, 0) is 9.53 Å². The first-order chi connectivity index (χ1) is 11.5. The molecule has 2 heterocycles. The van der Waals surface area contributed by atoms with Gasteiger partial charge in [0.25, 0.3) is 5.91 Å². The molecule has 122 valence electrons. The van der Waals surface area contributed by atoms with Gasteiger partial charge in [-0.15, -0.1) is 11.3 Å². The van der Waals surface area contributed by atoms with Gasteiger partial charge in [-0.05, 0) is 23.6 Å². The molecule has 0 saturated carbocycles. The van der Waals surface area contributed by atoms with Gasteiger partial charge in [-0.2, -0.15) is 5.26 Å². The minimum atomic E-state index is -0.725. The number of hydrogen-bond donors (Lipinski definition) is 1. The monoisotopic (exact) mass is 363 g/mol. The molecule has 2 aromatic heterocycles. The van der Waals surface area contributed by atoms with Crippen LogP contribution in [0.25, 0.3) is 6.08 Å². The molecule has 0 radical (unpaired) electrons. The van der Waals surface area contributed by atoms with Crippen molar-refractivity contribution in [3.8, 4) is 6.07 Å². The van der Waals surface area contributed by atoms with E-state index >= 15 is 0 Å². The molecular formula is C14H9N3O5S2. The van der Waals surface area contributed by atoms with Crippen LogP contribution in [0.15, 0.2) is 29.2 Å². The molecular weight excluding hydrogens is 354 g/mol. The number of anilines is 1. The van der Waals surface area contributed by atoms with Crippen LogP contribution in [0.1, 0.15) is 14.5 Å². The molecule has 0 aliphatic carbocycles. The first kappa shape index (κ1) is 17.3. The molecule has 8 nitrogen and oxygen atoms in total. The summed E-state index contributed by atoms with van der Waals surface area (Å²) in [5.41, 5.74) is -0.0103. The van der Waals surface area contributed by atoms with Gasteiger partial charge >= 0.3 is 11.0 Å². The second kappa shape index (κ2) is 7.49. The highest BCUT2D eigenvalue weighted by atomic mass is 32.1. The average Bonchev–Trinajstić information content (AvgIpc) is 3.20. The van der Waals surface area contributed by atoms with Crippen LogP contribution >= 0.6 is 22.7 Å². The number of nitriles is 1. The maximum atomic E-state index is 12.2. The van der Waals surface area contributed by atoms with Gasteiger partial charge in [0.1, 0.15) is 16.5 Å². The fraction of sp³-hybridized carbons (Fsp3) is 0.0714. The van der Waals surface area contributed by atoms with E-state index in [-0.39, 0.29) is 21.1 Å². The van der Waals surface area contributed by atoms with Gasteiger partial charge < -0.3 is 10.1 Å². The molecule has 0 spiro atoms. The summed E-state index contributed by atoms with van der Waals surface area (Å²) in [5.74, 6) is -1.33. The average molecular weight is 363 g/mol. The molecule has 1 N–H and O–H groups in total. The predicted molar refractivity (Wildman–Crippen MR) is 88.9 cm³/mol. The Hall–Kier alpha value is -3.03. The highest BCUT2D eigenvalue weighted by Gasteiger charge is 2.18. The largest absolute Gasteiger partial charge is 0.465 e. The van der Waals surface area contributed by atoms with Crippen molar-refractivity contribution in [2.75, 3.05) is 12.4 Å². The SMILES string of the molecule is COC(=O)c1sccc1NC(=O)/C(C#N)=C\c1ccc([N+](=O)[O-])s1. The maximum absolute atomic E-state index is 12.2. The fourth-order valence-electron chi connectivity index (χ4n) is 1.66. The third-order valence-corrected chi connectivity index (χ3v) is 4.61. The van der Waals surface area contributed by atoms with Crippen LogP contribution in [0.2, 0.25) is 0 Å². The van der Waals surface area contributed by atoms with E-state index in [2.05, 4.69) is 10.1 Å². The fourth-order valence-corrected chi connectivity index (χ4v) is 3.19. The lowest BCUT2D eigenvalue weighted by atomic mass is 10.2. The number of esters is 1. The summed E-state index contributed by atoms with van der Waals surface area (Å²) < 4.78 is 4.60. The lowest BCUT2D eigenvalue weighted by Gasteiger charge is -2.04. The molecule has 0 aromatic carbocycles. The summed E-state index contributed by atoms with van der Waals surface area (Å²) >= 11 is 1.93. The molecule has 24 heavy (non-hydrogen) atoms. The van der Waals surface area contributed by atoms with Crippen LogP contribution in [0.3, 0.4) is 0 Å². The van der Waals surface area contributed by atoms with Crippen LogP contribution in [0, 0.1) is 21.4 Å². The van der Waals surface area contributed by atoms with Gasteiger partial charge in [0.2, 0.25) is 0 Å². The summed E-state index contributed by atoms with van der Waals surface area (Å²) in [6, 6.07) is 5.98. The number of thiophene rings is 2. The van der Waals surface area contributed by atoms with Gasteiger partial charge in [0, 0.05) is 10.9 Å². The Morgan fingerprint density at radius 3 is 2.75 bits per heavy atom. The molecule has 0 unspecified atom stereocenters. The van der Waals surface area contributed by atoms with Crippen molar-refractivity contribution in [1.29, 1.82) is 5.26 Å². The van der Waals surface area contributed by atoms with Crippen molar-refractivity contribution in [2.24, 2.45) is 0 Å². The second-order valence-electron chi connectivity index (χ2n) is 4.21. The number of nitro groups is 1. The number of nitrogens with zero attached hydrogens (tertiary/aromatic N) is 2. The zero-order chi connectivity index (χ0) is 17.7. The smallest absolute Gasteiger partial charge is 0.350 e. The molecule has 2 rings (SSSR count). The quantitative estimate of drug-likeness (QED) is 0.286. The van der Waals surface area contributed by atoms with Gasteiger partial charge in [-0.3, -0.25) is 14.9 Å². The van der Waals surface area contributed by atoms with Crippen molar-refractivity contribution < 1.29 is 19.2 Å². The zero-order valence-corrected chi connectivity index (χ0v) is 13.8. The minimum Gasteiger partial charge on any atom is -0.465 e. The molecule has 2 aromatic rings. The third kappa shape index (κ3) is 3.83. The highest BCUT2D eigenvalue weighted by molar-refractivity contribution is 7.16. The molecule has 0 aliphatic rings. The molecule has 0 fully saturated rings. The highest BCUT2D eigenvalue weighted by Crippen LogP contribution is 2.27. The number of ether oxygens (including phenoxy) is 1. The van der Waals surface area contributed by atoms with Crippen molar-refractivity contribution in [3.63, 3.8) is 0 Å². The predicted octanol–water partition coefficient (Wildman–Crippen LogP) is 3.05. The maximum Gasteiger partial charge on any atom is 0.350 e. The third-order valence-electron chi connectivity index (χ3n) is 2.73. The molecule has 0 atom stereocenters. The van der Waals surface area contributed by atoms with Crippen LogP contribution in [0.5, 0.6) is 0 Å². The topological polar surface area (TPSA) is 122 Å². The Balaban J connectivity index is 2.22. The van der Waals surface area contributed by atoms with Crippen LogP contribution in [0.4, 0.5) is 10.7 Å². The minimum absolute atomic E-state index is 0.0928. The second-order valence-corrected chi connectivity index (χ2v) is 6.22. The Kier molecular flexibility index (Phi) is 5.41. The first-order valence-corrected chi connectivity index (χ1v) is 7.99. The molecule has 0 bridgehead atoms. The Morgan fingerprint density at radius 1 is 1.42 bits per heavy atom.